The van der Waals surface area contributed by atoms with Crippen molar-refractivity contribution >= 4 is 34.7 Å². The van der Waals surface area contributed by atoms with Gasteiger partial charge in [0.1, 0.15) is 5.82 Å². The molecule has 2 heterocycles. The van der Waals surface area contributed by atoms with Gasteiger partial charge in [0.05, 0.1) is 0 Å². The lowest BCUT2D eigenvalue weighted by molar-refractivity contribution is 0.740. The van der Waals surface area contributed by atoms with Crippen LogP contribution in [0.3, 0.4) is 0 Å². The Balaban J connectivity index is 1.65. The Bertz CT molecular complexity index is 925. The zero-order valence-electron chi connectivity index (χ0n) is 14.2. The van der Waals surface area contributed by atoms with Crippen molar-refractivity contribution < 1.29 is 0 Å². The van der Waals surface area contributed by atoms with Gasteiger partial charge < -0.3 is 10.2 Å². The average molecular weight is 351 g/mol. The molecule has 1 aliphatic heterocycles. The van der Waals surface area contributed by atoms with Gasteiger partial charge in [-0.1, -0.05) is 35.9 Å². The van der Waals surface area contributed by atoms with Crippen LogP contribution in [0, 0.1) is 6.92 Å². The van der Waals surface area contributed by atoms with Crippen molar-refractivity contribution in [2.24, 2.45) is 0 Å². The molecule has 5 heteroatoms. The molecule has 1 aromatic heterocycles. The number of hydrogen-bond donors (Lipinski definition) is 1. The first-order valence-electron chi connectivity index (χ1n) is 8.35. The third-order valence-electron chi connectivity index (χ3n) is 4.51. The van der Waals surface area contributed by atoms with Crippen molar-refractivity contribution in [1.29, 1.82) is 0 Å². The van der Waals surface area contributed by atoms with Gasteiger partial charge in [-0.3, -0.25) is 0 Å². The van der Waals surface area contributed by atoms with E-state index in [0.29, 0.717) is 12.0 Å². The van der Waals surface area contributed by atoms with Crippen LogP contribution in [-0.4, -0.2) is 16.0 Å². The highest BCUT2D eigenvalue weighted by atomic mass is 35.5. The molecule has 0 spiro atoms. The van der Waals surface area contributed by atoms with Crippen LogP contribution in [0.15, 0.2) is 54.7 Å². The summed E-state index contributed by atoms with van der Waals surface area (Å²) in [6.07, 6.45) is 2.79. The van der Waals surface area contributed by atoms with Gasteiger partial charge in [-0.15, -0.1) is 0 Å². The number of aromatic nitrogens is 2. The molecule has 0 saturated carbocycles. The Morgan fingerprint density at radius 1 is 1.16 bits per heavy atom. The second-order valence-electron chi connectivity index (χ2n) is 6.38. The molecular formula is C20H19ClN4. The molecule has 3 aromatic rings. The third-order valence-corrected chi connectivity index (χ3v) is 4.92. The SMILES string of the molecule is Cc1ccc(Nc2ccnc(N3c4ccccc4CC3C)n2)cc1Cl. The highest BCUT2D eigenvalue weighted by Crippen LogP contribution is 2.36. The van der Waals surface area contributed by atoms with E-state index in [4.69, 9.17) is 16.6 Å². The molecule has 126 valence electrons. The quantitative estimate of drug-likeness (QED) is 0.699. The highest BCUT2D eigenvalue weighted by Gasteiger charge is 2.28. The Kier molecular flexibility index (Phi) is 4.06. The molecule has 0 bridgehead atoms. The highest BCUT2D eigenvalue weighted by molar-refractivity contribution is 6.31. The van der Waals surface area contributed by atoms with Crippen LogP contribution >= 0.6 is 11.6 Å². The zero-order valence-corrected chi connectivity index (χ0v) is 15.0. The summed E-state index contributed by atoms with van der Waals surface area (Å²) in [5.74, 6) is 1.46. The van der Waals surface area contributed by atoms with E-state index in [0.717, 1.165) is 28.5 Å². The molecule has 0 aliphatic carbocycles. The lowest BCUT2D eigenvalue weighted by atomic mass is 10.1. The van der Waals surface area contributed by atoms with Crippen molar-refractivity contribution in [3.63, 3.8) is 0 Å². The molecule has 4 rings (SSSR count). The van der Waals surface area contributed by atoms with E-state index in [-0.39, 0.29) is 0 Å². The van der Waals surface area contributed by atoms with Crippen LogP contribution in [0.2, 0.25) is 5.02 Å². The second-order valence-corrected chi connectivity index (χ2v) is 6.79. The van der Waals surface area contributed by atoms with Gasteiger partial charge in [-0.2, -0.15) is 4.98 Å². The number of hydrogen-bond acceptors (Lipinski definition) is 4. The molecule has 0 amide bonds. The minimum atomic E-state index is 0.335. The third kappa shape index (κ3) is 3.05. The van der Waals surface area contributed by atoms with Gasteiger partial charge in [0, 0.05) is 28.6 Å². The lowest BCUT2D eigenvalue weighted by Gasteiger charge is -2.23. The standard InChI is InChI=1S/C20H19ClN4/c1-13-7-8-16(12-17(13)21)23-19-9-10-22-20(24-19)25-14(2)11-15-5-3-4-6-18(15)25/h3-10,12,14H,11H2,1-2H3,(H,22,23,24). The van der Waals surface area contributed by atoms with Crippen LogP contribution in [0.4, 0.5) is 23.1 Å². The summed E-state index contributed by atoms with van der Waals surface area (Å²) < 4.78 is 0. The normalized spacial score (nSPS) is 16.0. The van der Waals surface area contributed by atoms with E-state index in [1.807, 2.05) is 31.2 Å². The maximum Gasteiger partial charge on any atom is 0.232 e. The van der Waals surface area contributed by atoms with Crippen LogP contribution in [0.25, 0.3) is 0 Å². The summed E-state index contributed by atoms with van der Waals surface area (Å²) in [5, 5.41) is 4.05. The molecule has 1 atom stereocenters. The van der Waals surface area contributed by atoms with E-state index in [1.54, 1.807) is 6.20 Å². The largest absolute Gasteiger partial charge is 0.340 e. The first kappa shape index (κ1) is 15.9. The van der Waals surface area contributed by atoms with Crippen LogP contribution < -0.4 is 10.2 Å². The lowest BCUT2D eigenvalue weighted by Crippen LogP contribution is -2.25. The van der Waals surface area contributed by atoms with Gasteiger partial charge >= 0.3 is 0 Å². The fourth-order valence-corrected chi connectivity index (χ4v) is 3.40. The molecule has 1 unspecified atom stereocenters. The van der Waals surface area contributed by atoms with Crippen LogP contribution in [0.1, 0.15) is 18.1 Å². The number of halogens is 1. The molecule has 0 radical (unpaired) electrons. The van der Waals surface area contributed by atoms with Crippen LogP contribution in [0.5, 0.6) is 0 Å². The van der Waals surface area contributed by atoms with Crippen molar-refractivity contribution in [2.45, 2.75) is 26.3 Å². The number of nitrogens with zero attached hydrogens (tertiary/aromatic N) is 3. The topological polar surface area (TPSA) is 41.1 Å². The Morgan fingerprint density at radius 2 is 2.00 bits per heavy atom. The minimum absolute atomic E-state index is 0.335. The summed E-state index contributed by atoms with van der Waals surface area (Å²) in [6, 6.07) is 16.5. The number of nitrogens with one attached hydrogen (secondary N) is 1. The monoisotopic (exact) mass is 350 g/mol. The number of aryl methyl sites for hydroxylation is 1. The van der Waals surface area contributed by atoms with E-state index >= 15 is 0 Å². The Hall–Kier alpha value is -2.59. The van der Waals surface area contributed by atoms with E-state index in [9.17, 15) is 0 Å². The second kappa shape index (κ2) is 6.37. The fraction of sp³-hybridized carbons (Fsp3) is 0.200. The van der Waals surface area contributed by atoms with Gasteiger partial charge in [-0.25, -0.2) is 4.98 Å². The number of fused-ring (bicyclic) bond motifs is 1. The van der Waals surface area contributed by atoms with Gasteiger partial charge in [-0.05, 0) is 55.7 Å². The van der Waals surface area contributed by atoms with E-state index in [2.05, 4.69) is 46.4 Å². The van der Waals surface area contributed by atoms with Gasteiger partial charge in [0.2, 0.25) is 5.95 Å². The predicted octanol–water partition coefficient (Wildman–Crippen LogP) is 5.26. The number of para-hydroxylation sites is 1. The van der Waals surface area contributed by atoms with E-state index in [1.165, 1.54) is 11.3 Å². The predicted molar refractivity (Wildman–Crippen MR) is 103 cm³/mol. The zero-order chi connectivity index (χ0) is 17.4. The minimum Gasteiger partial charge on any atom is -0.340 e. The molecule has 1 aliphatic rings. The molecule has 25 heavy (non-hydrogen) atoms. The van der Waals surface area contributed by atoms with E-state index < -0.39 is 0 Å². The molecule has 0 saturated heterocycles. The summed E-state index contributed by atoms with van der Waals surface area (Å²) in [4.78, 5) is 11.4. The van der Waals surface area contributed by atoms with Crippen molar-refractivity contribution in [1.82, 2.24) is 9.97 Å². The summed E-state index contributed by atoms with van der Waals surface area (Å²) >= 11 is 6.21. The maximum atomic E-state index is 6.21. The molecule has 2 aromatic carbocycles. The smallest absolute Gasteiger partial charge is 0.232 e. The maximum absolute atomic E-state index is 6.21. The molecule has 4 nitrogen and oxygen atoms in total. The Morgan fingerprint density at radius 3 is 2.84 bits per heavy atom. The van der Waals surface area contributed by atoms with Gasteiger partial charge in [0.15, 0.2) is 0 Å². The van der Waals surface area contributed by atoms with Crippen molar-refractivity contribution in [3.05, 3.63) is 70.9 Å². The van der Waals surface area contributed by atoms with Crippen molar-refractivity contribution in [2.75, 3.05) is 10.2 Å². The van der Waals surface area contributed by atoms with Crippen molar-refractivity contribution in [3.8, 4) is 0 Å². The Labute approximate surface area is 152 Å². The number of rotatable bonds is 3. The molecule has 0 fully saturated rings. The van der Waals surface area contributed by atoms with Gasteiger partial charge in [0.25, 0.3) is 0 Å². The number of anilines is 4. The molecular weight excluding hydrogens is 332 g/mol. The first-order chi connectivity index (χ1) is 12.1. The summed E-state index contributed by atoms with van der Waals surface area (Å²) in [6.45, 7) is 4.18. The summed E-state index contributed by atoms with van der Waals surface area (Å²) in [7, 11) is 0. The average Bonchev–Trinajstić information content (AvgIpc) is 2.94. The number of benzene rings is 2. The van der Waals surface area contributed by atoms with Crippen LogP contribution in [-0.2, 0) is 6.42 Å². The first-order valence-corrected chi connectivity index (χ1v) is 8.73. The molecule has 1 N–H and O–H groups in total. The summed E-state index contributed by atoms with van der Waals surface area (Å²) in [5.41, 5.74) is 4.49. The fourth-order valence-electron chi connectivity index (χ4n) is 3.22.